The van der Waals surface area contributed by atoms with Gasteiger partial charge in [0, 0.05) is 6.04 Å². The smallest absolute Gasteiger partial charge is 0.240 e. The van der Waals surface area contributed by atoms with Crippen molar-refractivity contribution in [1.29, 1.82) is 0 Å². The number of amides is 1. The molecule has 3 aliphatic rings. The molecule has 0 spiro atoms. The molecular formula is C16H28N2O. The van der Waals surface area contributed by atoms with Crippen molar-refractivity contribution in [2.75, 3.05) is 0 Å². The summed E-state index contributed by atoms with van der Waals surface area (Å²) in [6, 6.07) is 0.298. The van der Waals surface area contributed by atoms with E-state index < -0.39 is 5.54 Å². The molecule has 108 valence electrons. The molecule has 3 nitrogen and oxygen atoms in total. The van der Waals surface area contributed by atoms with Crippen molar-refractivity contribution in [2.45, 2.75) is 77.3 Å². The molecule has 3 atom stereocenters. The number of hydrogen-bond acceptors (Lipinski definition) is 2. The quantitative estimate of drug-likeness (QED) is 0.805. The zero-order valence-corrected chi connectivity index (χ0v) is 12.6. The normalized spacial score (nSPS) is 42.5. The van der Waals surface area contributed by atoms with Crippen LogP contribution in [-0.2, 0) is 4.79 Å². The Kier molecular flexibility index (Phi) is 2.80. The molecule has 0 aromatic heterocycles. The van der Waals surface area contributed by atoms with Crippen molar-refractivity contribution >= 4 is 5.91 Å². The summed E-state index contributed by atoms with van der Waals surface area (Å²) in [7, 11) is 0. The van der Waals surface area contributed by atoms with E-state index in [-0.39, 0.29) is 11.3 Å². The SMILES string of the molecule is CC12CCC(C1)C(C)(C)C2NC(=O)C1(N)CCCC1. The average molecular weight is 264 g/mol. The van der Waals surface area contributed by atoms with Crippen LogP contribution in [0.15, 0.2) is 0 Å². The third kappa shape index (κ3) is 1.84. The fraction of sp³-hybridized carbons (Fsp3) is 0.938. The number of rotatable bonds is 2. The van der Waals surface area contributed by atoms with Crippen LogP contribution in [0.3, 0.4) is 0 Å². The summed E-state index contributed by atoms with van der Waals surface area (Å²) in [4.78, 5) is 12.6. The van der Waals surface area contributed by atoms with Gasteiger partial charge < -0.3 is 11.1 Å². The van der Waals surface area contributed by atoms with Gasteiger partial charge in [0.1, 0.15) is 0 Å². The number of nitrogens with two attached hydrogens (primary N) is 1. The third-order valence-corrected chi connectivity index (χ3v) is 6.49. The maximum Gasteiger partial charge on any atom is 0.240 e. The number of nitrogens with one attached hydrogen (secondary N) is 1. The predicted octanol–water partition coefficient (Wildman–Crippen LogP) is 2.59. The van der Waals surface area contributed by atoms with E-state index in [0.29, 0.717) is 11.5 Å². The summed E-state index contributed by atoms with van der Waals surface area (Å²) >= 11 is 0. The van der Waals surface area contributed by atoms with Crippen LogP contribution < -0.4 is 11.1 Å². The molecule has 3 aliphatic carbocycles. The lowest BCUT2D eigenvalue weighted by Crippen LogP contribution is -2.60. The van der Waals surface area contributed by atoms with Crippen LogP contribution in [0.25, 0.3) is 0 Å². The molecule has 0 saturated heterocycles. The number of carbonyl (C=O) groups is 1. The Balaban J connectivity index is 1.78. The van der Waals surface area contributed by atoms with Gasteiger partial charge >= 0.3 is 0 Å². The average Bonchev–Trinajstić information content (AvgIpc) is 2.96. The molecule has 2 bridgehead atoms. The van der Waals surface area contributed by atoms with Gasteiger partial charge in [-0.3, -0.25) is 4.79 Å². The highest BCUT2D eigenvalue weighted by Crippen LogP contribution is 2.62. The van der Waals surface area contributed by atoms with Gasteiger partial charge in [0.25, 0.3) is 0 Å². The second-order valence-electron chi connectivity index (χ2n) is 8.18. The molecule has 3 fully saturated rings. The summed E-state index contributed by atoms with van der Waals surface area (Å²) in [6.45, 7) is 7.00. The number of hydrogen-bond donors (Lipinski definition) is 2. The van der Waals surface area contributed by atoms with Crippen LogP contribution in [0.4, 0.5) is 0 Å². The van der Waals surface area contributed by atoms with Crippen molar-refractivity contribution < 1.29 is 4.79 Å². The fourth-order valence-electron chi connectivity index (χ4n) is 5.17. The molecule has 0 aromatic rings. The Morgan fingerprint density at radius 1 is 1.16 bits per heavy atom. The lowest BCUT2D eigenvalue weighted by molar-refractivity contribution is -0.129. The summed E-state index contributed by atoms with van der Waals surface area (Å²) in [5.74, 6) is 0.872. The molecule has 1 amide bonds. The first-order valence-corrected chi connectivity index (χ1v) is 7.88. The van der Waals surface area contributed by atoms with Gasteiger partial charge in [0.15, 0.2) is 0 Å². The molecule has 3 saturated carbocycles. The lowest BCUT2D eigenvalue weighted by Gasteiger charge is -2.44. The second-order valence-corrected chi connectivity index (χ2v) is 8.18. The minimum Gasteiger partial charge on any atom is -0.351 e. The van der Waals surface area contributed by atoms with Gasteiger partial charge in [0.05, 0.1) is 5.54 Å². The Labute approximate surface area is 116 Å². The van der Waals surface area contributed by atoms with E-state index >= 15 is 0 Å². The van der Waals surface area contributed by atoms with E-state index in [1.165, 1.54) is 19.3 Å². The van der Waals surface area contributed by atoms with Gasteiger partial charge in [-0.25, -0.2) is 0 Å². The standard InChI is InChI=1S/C16H28N2O/c1-14(2)11-6-9-15(3,10-11)12(14)18-13(19)16(17)7-4-5-8-16/h11-12H,4-10,17H2,1-3H3,(H,18,19). The van der Waals surface area contributed by atoms with E-state index in [4.69, 9.17) is 5.73 Å². The van der Waals surface area contributed by atoms with Gasteiger partial charge in [-0.05, 0) is 48.9 Å². The fourth-order valence-corrected chi connectivity index (χ4v) is 5.17. The third-order valence-electron chi connectivity index (χ3n) is 6.49. The summed E-state index contributed by atoms with van der Waals surface area (Å²) < 4.78 is 0. The summed E-state index contributed by atoms with van der Waals surface area (Å²) in [5, 5.41) is 3.36. The van der Waals surface area contributed by atoms with Crippen molar-refractivity contribution in [1.82, 2.24) is 5.32 Å². The van der Waals surface area contributed by atoms with Crippen molar-refractivity contribution in [3.05, 3.63) is 0 Å². The highest BCUT2D eigenvalue weighted by molar-refractivity contribution is 5.86. The topological polar surface area (TPSA) is 55.1 Å². The number of carbonyl (C=O) groups excluding carboxylic acids is 1. The van der Waals surface area contributed by atoms with Gasteiger partial charge in [-0.15, -0.1) is 0 Å². The monoisotopic (exact) mass is 264 g/mol. The molecule has 0 heterocycles. The molecule has 0 radical (unpaired) electrons. The highest BCUT2D eigenvalue weighted by Gasteiger charge is 2.60. The van der Waals surface area contributed by atoms with Crippen LogP contribution in [0, 0.1) is 16.7 Å². The van der Waals surface area contributed by atoms with Crippen LogP contribution in [0.1, 0.15) is 65.7 Å². The first-order chi connectivity index (χ1) is 8.78. The molecule has 19 heavy (non-hydrogen) atoms. The molecular weight excluding hydrogens is 236 g/mol. The second kappa shape index (κ2) is 3.97. The zero-order chi connectivity index (χ0) is 13.9. The van der Waals surface area contributed by atoms with Crippen LogP contribution in [0.2, 0.25) is 0 Å². The predicted molar refractivity (Wildman–Crippen MR) is 76.5 cm³/mol. The van der Waals surface area contributed by atoms with E-state index in [1.807, 2.05) is 0 Å². The minimum atomic E-state index is -0.589. The van der Waals surface area contributed by atoms with Crippen LogP contribution >= 0.6 is 0 Å². The Hall–Kier alpha value is -0.570. The largest absolute Gasteiger partial charge is 0.351 e. The highest BCUT2D eigenvalue weighted by atomic mass is 16.2. The first kappa shape index (κ1) is 13.4. The Morgan fingerprint density at radius 2 is 1.79 bits per heavy atom. The first-order valence-electron chi connectivity index (χ1n) is 7.88. The van der Waals surface area contributed by atoms with E-state index in [2.05, 4.69) is 26.1 Å². The van der Waals surface area contributed by atoms with Crippen molar-refractivity contribution in [3.63, 3.8) is 0 Å². The molecule has 0 aliphatic heterocycles. The molecule has 0 aromatic carbocycles. The number of fused-ring (bicyclic) bond motifs is 2. The van der Waals surface area contributed by atoms with Gasteiger partial charge in [0.2, 0.25) is 5.91 Å². The van der Waals surface area contributed by atoms with E-state index in [0.717, 1.165) is 31.6 Å². The van der Waals surface area contributed by atoms with E-state index in [9.17, 15) is 4.79 Å². The molecule has 3 heteroatoms. The van der Waals surface area contributed by atoms with Crippen LogP contribution in [0.5, 0.6) is 0 Å². The summed E-state index contributed by atoms with van der Waals surface area (Å²) in [6.07, 6.45) is 7.74. The van der Waals surface area contributed by atoms with Crippen LogP contribution in [-0.4, -0.2) is 17.5 Å². The maximum absolute atomic E-state index is 12.6. The van der Waals surface area contributed by atoms with Gasteiger partial charge in [-0.1, -0.05) is 33.6 Å². The zero-order valence-electron chi connectivity index (χ0n) is 12.6. The van der Waals surface area contributed by atoms with E-state index in [1.54, 1.807) is 0 Å². The Morgan fingerprint density at radius 3 is 2.32 bits per heavy atom. The van der Waals surface area contributed by atoms with Crippen molar-refractivity contribution in [3.8, 4) is 0 Å². The maximum atomic E-state index is 12.6. The molecule has 3 unspecified atom stereocenters. The minimum absolute atomic E-state index is 0.108. The van der Waals surface area contributed by atoms with Crippen molar-refractivity contribution in [2.24, 2.45) is 22.5 Å². The van der Waals surface area contributed by atoms with Gasteiger partial charge in [-0.2, -0.15) is 0 Å². The summed E-state index contributed by atoms with van der Waals surface area (Å²) in [5.41, 5.74) is 6.22. The molecule has 3 N–H and O–H groups in total. The molecule has 3 rings (SSSR count). The Bertz CT molecular complexity index is 393. The lowest BCUT2D eigenvalue weighted by atomic mass is 9.68.